The molecule has 0 radical (unpaired) electrons. The number of anilines is 1. The van der Waals surface area contributed by atoms with E-state index in [-0.39, 0.29) is 5.91 Å². The molecule has 5 heteroatoms. The highest BCUT2D eigenvalue weighted by atomic mass is 16.2. The van der Waals surface area contributed by atoms with Crippen molar-refractivity contribution in [1.29, 1.82) is 0 Å². The van der Waals surface area contributed by atoms with Crippen LogP contribution in [0.25, 0.3) is 10.9 Å². The predicted molar refractivity (Wildman–Crippen MR) is 104 cm³/mol. The number of fused-ring (bicyclic) bond motifs is 1. The molecule has 5 nitrogen and oxygen atoms in total. The van der Waals surface area contributed by atoms with Crippen LogP contribution in [0.1, 0.15) is 18.4 Å². The number of piperidine rings is 1. The van der Waals surface area contributed by atoms with E-state index >= 15 is 0 Å². The fourth-order valence-electron chi connectivity index (χ4n) is 3.71. The molecule has 3 aromatic rings. The fourth-order valence-corrected chi connectivity index (χ4v) is 3.71. The van der Waals surface area contributed by atoms with Crippen LogP contribution in [-0.2, 0) is 11.2 Å². The summed E-state index contributed by atoms with van der Waals surface area (Å²) in [4.78, 5) is 14.6. The van der Waals surface area contributed by atoms with E-state index in [9.17, 15) is 4.79 Å². The highest BCUT2D eigenvalue weighted by Crippen LogP contribution is 2.22. The van der Waals surface area contributed by atoms with E-state index < -0.39 is 0 Å². The smallest absolute Gasteiger partial charge is 0.238 e. The summed E-state index contributed by atoms with van der Waals surface area (Å²) in [6.45, 7) is 2.44. The van der Waals surface area contributed by atoms with Gasteiger partial charge in [-0.2, -0.15) is 5.10 Å². The topological polar surface area (TPSA) is 61.0 Å². The van der Waals surface area contributed by atoms with Gasteiger partial charge in [0.25, 0.3) is 0 Å². The third-order valence-electron chi connectivity index (χ3n) is 5.17. The van der Waals surface area contributed by atoms with Gasteiger partial charge in [0.1, 0.15) is 0 Å². The molecule has 134 valence electrons. The largest absolute Gasteiger partial charge is 0.325 e. The number of carbonyl (C=O) groups is 1. The van der Waals surface area contributed by atoms with Gasteiger partial charge >= 0.3 is 0 Å². The second-order valence-corrected chi connectivity index (χ2v) is 7.13. The number of benzene rings is 2. The Labute approximate surface area is 153 Å². The zero-order chi connectivity index (χ0) is 17.8. The van der Waals surface area contributed by atoms with E-state index in [0.29, 0.717) is 6.54 Å². The van der Waals surface area contributed by atoms with Crippen LogP contribution in [0.3, 0.4) is 0 Å². The van der Waals surface area contributed by atoms with Gasteiger partial charge in [-0.05, 0) is 62.0 Å². The maximum absolute atomic E-state index is 12.3. The van der Waals surface area contributed by atoms with Crippen molar-refractivity contribution in [1.82, 2.24) is 15.1 Å². The first-order chi connectivity index (χ1) is 12.8. The standard InChI is InChI=1S/C21H24N4O/c26-21(23-19-7-6-18-14-22-24-20(18)13-19)15-25-10-8-17(9-11-25)12-16-4-2-1-3-5-16/h1-7,13-14,17H,8-12,15H2,(H,22,24)(H,23,26). The van der Waals surface area contributed by atoms with Gasteiger partial charge in [0, 0.05) is 11.1 Å². The van der Waals surface area contributed by atoms with E-state index in [4.69, 9.17) is 0 Å². The van der Waals surface area contributed by atoms with Crippen LogP contribution >= 0.6 is 0 Å². The number of aromatic amines is 1. The number of carbonyl (C=O) groups excluding carboxylic acids is 1. The molecular weight excluding hydrogens is 324 g/mol. The molecule has 0 spiro atoms. The van der Waals surface area contributed by atoms with Gasteiger partial charge in [-0.15, -0.1) is 0 Å². The SMILES string of the molecule is O=C(CN1CCC(Cc2ccccc2)CC1)Nc1ccc2cn[nH]c2c1. The summed E-state index contributed by atoms with van der Waals surface area (Å²) in [5, 5.41) is 11.0. The number of nitrogens with one attached hydrogen (secondary N) is 2. The number of hydrogen-bond acceptors (Lipinski definition) is 3. The minimum absolute atomic E-state index is 0.0466. The molecule has 1 fully saturated rings. The van der Waals surface area contributed by atoms with Crippen molar-refractivity contribution in [2.75, 3.05) is 25.0 Å². The van der Waals surface area contributed by atoms with Gasteiger partial charge in [-0.25, -0.2) is 0 Å². The molecule has 0 atom stereocenters. The number of likely N-dealkylation sites (tertiary alicyclic amines) is 1. The van der Waals surface area contributed by atoms with Crippen LogP contribution < -0.4 is 5.32 Å². The van der Waals surface area contributed by atoms with E-state index in [1.807, 2.05) is 18.2 Å². The van der Waals surface area contributed by atoms with Crippen LogP contribution in [-0.4, -0.2) is 40.6 Å². The number of amides is 1. The minimum atomic E-state index is 0.0466. The molecule has 1 aromatic heterocycles. The van der Waals surface area contributed by atoms with Crippen LogP contribution in [0.2, 0.25) is 0 Å². The molecule has 0 saturated carbocycles. The van der Waals surface area contributed by atoms with Crippen molar-refractivity contribution in [3.05, 3.63) is 60.3 Å². The lowest BCUT2D eigenvalue weighted by Crippen LogP contribution is -2.39. The van der Waals surface area contributed by atoms with Crippen LogP contribution in [0.5, 0.6) is 0 Å². The van der Waals surface area contributed by atoms with E-state index in [1.54, 1.807) is 6.20 Å². The first-order valence-electron chi connectivity index (χ1n) is 9.25. The van der Waals surface area contributed by atoms with Crippen molar-refractivity contribution >= 4 is 22.5 Å². The summed E-state index contributed by atoms with van der Waals surface area (Å²) in [6.07, 6.45) is 5.23. The minimum Gasteiger partial charge on any atom is -0.325 e. The summed E-state index contributed by atoms with van der Waals surface area (Å²) in [5.41, 5.74) is 3.16. The Kier molecular flexibility index (Phi) is 4.97. The van der Waals surface area contributed by atoms with Gasteiger partial charge in [0.05, 0.1) is 18.3 Å². The Morgan fingerprint density at radius 3 is 2.77 bits per heavy atom. The third-order valence-corrected chi connectivity index (χ3v) is 5.17. The fraction of sp³-hybridized carbons (Fsp3) is 0.333. The Morgan fingerprint density at radius 1 is 1.15 bits per heavy atom. The molecular formula is C21H24N4O. The molecule has 0 unspecified atom stereocenters. The summed E-state index contributed by atoms with van der Waals surface area (Å²) >= 11 is 0. The monoisotopic (exact) mass is 348 g/mol. The van der Waals surface area contributed by atoms with E-state index in [2.05, 4.69) is 50.7 Å². The lowest BCUT2D eigenvalue weighted by Gasteiger charge is -2.31. The van der Waals surface area contributed by atoms with Crippen molar-refractivity contribution < 1.29 is 4.79 Å². The van der Waals surface area contributed by atoms with E-state index in [1.165, 1.54) is 5.56 Å². The lowest BCUT2D eigenvalue weighted by atomic mass is 9.90. The zero-order valence-electron chi connectivity index (χ0n) is 14.8. The van der Waals surface area contributed by atoms with Crippen LogP contribution in [0, 0.1) is 5.92 Å². The normalized spacial score (nSPS) is 16.0. The second-order valence-electron chi connectivity index (χ2n) is 7.13. The third kappa shape index (κ3) is 4.11. The highest BCUT2D eigenvalue weighted by molar-refractivity contribution is 5.94. The van der Waals surface area contributed by atoms with Crippen molar-refractivity contribution in [2.45, 2.75) is 19.3 Å². The van der Waals surface area contributed by atoms with Crippen LogP contribution in [0.15, 0.2) is 54.7 Å². The molecule has 2 N–H and O–H groups in total. The maximum Gasteiger partial charge on any atom is 0.238 e. The highest BCUT2D eigenvalue weighted by Gasteiger charge is 2.21. The summed E-state index contributed by atoms with van der Waals surface area (Å²) in [7, 11) is 0. The van der Waals surface area contributed by atoms with Crippen molar-refractivity contribution in [2.24, 2.45) is 5.92 Å². The Hall–Kier alpha value is -2.66. The van der Waals surface area contributed by atoms with E-state index in [0.717, 1.165) is 54.9 Å². The molecule has 26 heavy (non-hydrogen) atoms. The van der Waals surface area contributed by atoms with Crippen LogP contribution in [0.4, 0.5) is 5.69 Å². The average Bonchev–Trinajstić information content (AvgIpc) is 3.12. The number of hydrogen-bond donors (Lipinski definition) is 2. The van der Waals surface area contributed by atoms with Crippen molar-refractivity contribution in [3.8, 4) is 0 Å². The number of H-pyrrole nitrogens is 1. The zero-order valence-corrected chi connectivity index (χ0v) is 14.8. The molecule has 1 amide bonds. The van der Waals surface area contributed by atoms with Gasteiger partial charge in [-0.1, -0.05) is 30.3 Å². The molecule has 2 heterocycles. The van der Waals surface area contributed by atoms with Gasteiger partial charge < -0.3 is 5.32 Å². The van der Waals surface area contributed by atoms with Crippen molar-refractivity contribution in [3.63, 3.8) is 0 Å². The maximum atomic E-state index is 12.3. The molecule has 1 saturated heterocycles. The first kappa shape index (κ1) is 16.8. The predicted octanol–water partition coefficient (Wildman–Crippen LogP) is 3.46. The first-order valence-corrected chi connectivity index (χ1v) is 9.25. The Morgan fingerprint density at radius 2 is 1.96 bits per heavy atom. The number of aromatic nitrogens is 2. The number of rotatable bonds is 5. The molecule has 1 aliphatic rings. The lowest BCUT2D eigenvalue weighted by molar-refractivity contribution is -0.117. The molecule has 0 bridgehead atoms. The summed E-state index contributed by atoms with van der Waals surface area (Å²) in [5.74, 6) is 0.768. The second kappa shape index (κ2) is 7.70. The average molecular weight is 348 g/mol. The van der Waals surface area contributed by atoms with Gasteiger partial charge in [-0.3, -0.25) is 14.8 Å². The molecule has 1 aliphatic heterocycles. The van der Waals surface area contributed by atoms with Gasteiger partial charge in [0.2, 0.25) is 5.91 Å². The Balaban J connectivity index is 1.25. The Bertz CT molecular complexity index is 866. The number of nitrogens with zero attached hydrogens (tertiary/aromatic N) is 2. The molecule has 2 aromatic carbocycles. The molecule has 0 aliphatic carbocycles. The molecule has 4 rings (SSSR count). The summed E-state index contributed by atoms with van der Waals surface area (Å²) < 4.78 is 0. The van der Waals surface area contributed by atoms with Gasteiger partial charge in [0.15, 0.2) is 0 Å². The quantitative estimate of drug-likeness (QED) is 0.742. The summed E-state index contributed by atoms with van der Waals surface area (Å²) in [6, 6.07) is 16.5.